The Labute approximate surface area is 179 Å². The minimum absolute atomic E-state index is 0.0947. The molecule has 1 saturated carbocycles. The zero-order valence-electron chi connectivity index (χ0n) is 16.2. The lowest BCUT2D eigenvalue weighted by atomic mass is 10.1. The maximum Gasteiger partial charge on any atom is 0.405 e. The molecule has 1 aromatic heterocycles. The van der Waals surface area contributed by atoms with Crippen molar-refractivity contribution in [1.29, 1.82) is 0 Å². The summed E-state index contributed by atoms with van der Waals surface area (Å²) >= 11 is 1.24. The molecule has 31 heavy (non-hydrogen) atoms. The molecule has 0 unspecified atom stereocenters. The molecular weight excluding hydrogens is 432 g/mol. The minimum Gasteiger partial charge on any atom is -0.343 e. The van der Waals surface area contributed by atoms with Crippen molar-refractivity contribution < 1.29 is 27.2 Å². The monoisotopic (exact) mass is 450 g/mol. The molecular formula is C22H18F4N2O2S. The van der Waals surface area contributed by atoms with Crippen molar-refractivity contribution >= 4 is 33.2 Å². The van der Waals surface area contributed by atoms with E-state index >= 15 is 0 Å². The Balaban J connectivity index is 1.47. The standard InChI is InChI=1S/C22H18F4N2O2S/c23-17-2-1-3-18-16(17)10-19(31-18)21(30)28(15-8-9-15)11-13-4-6-14(7-5-13)20(29)27-12-22(24,25)26/h1-7,10,15H,8-9,11-12H2,(H,27,29). The van der Waals surface area contributed by atoms with Crippen LogP contribution < -0.4 is 5.32 Å². The summed E-state index contributed by atoms with van der Waals surface area (Å²) in [5, 5.41) is 2.24. The zero-order valence-corrected chi connectivity index (χ0v) is 17.0. The third kappa shape index (κ3) is 5.04. The summed E-state index contributed by atoms with van der Waals surface area (Å²) in [6, 6.07) is 12.5. The van der Waals surface area contributed by atoms with E-state index in [1.54, 1.807) is 35.2 Å². The third-order valence-corrected chi connectivity index (χ3v) is 6.07. The third-order valence-electron chi connectivity index (χ3n) is 4.99. The molecule has 1 fully saturated rings. The number of nitrogens with one attached hydrogen (secondary N) is 1. The number of amides is 2. The van der Waals surface area contributed by atoms with Crippen molar-refractivity contribution in [3.05, 3.63) is 70.4 Å². The van der Waals surface area contributed by atoms with Crippen LogP contribution in [0.3, 0.4) is 0 Å². The van der Waals surface area contributed by atoms with Crippen molar-refractivity contribution in [3.63, 3.8) is 0 Å². The summed E-state index contributed by atoms with van der Waals surface area (Å²) < 4.78 is 51.5. The normalized spacial score (nSPS) is 13.9. The lowest BCUT2D eigenvalue weighted by Crippen LogP contribution is -2.33. The number of halogens is 4. The molecule has 0 radical (unpaired) electrons. The van der Waals surface area contributed by atoms with E-state index in [1.807, 2.05) is 5.32 Å². The molecule has 0 saturated heterocycles. The number of carbonyl (C=O) groups excluding carboxylic acids is 2. The Morgan fingerprint density at radius 1 is 1.10 bits per heavy atom. The van der Waals surface area contributed by atoms with Crippen molar-refractivity contribution in [1.82, 2.24) is 10.2 Å². The predicted octanol–water partition coefficient (Wildman–Crippen LogP) is 5.14. The Morgan fingerprint density at radius 3 is 2.42 bits per heavy atom. The Morgan fingerprint density at radius 2 is 1.81 bits per heavy atom. The van der Waals surface area contributed by atoms with Gasteiger partial charge in [0, 0.05) is 28.2 Å². The second-order valence-corrected chi connectivity index (χ2v) is 8.51. The molecule has 1 heterocycles. The number of carbonyl (C=O) groups is 2. The van der Waals surface area contributed by atoms with Gasteiger partial charge in [0.25, 0.3) is 11.8 Å². The van der Waals surface area contributed by atoms with E-state index < -0.39 is 18.6 Å². The highest BCUT2D eigenvalue weighted by molar-refractivity contribution is 7.20. The Bertz CT molecular complexity index is 1120. The van der Waals surface area contributed by atoms with Gasteiger partial charge in [-0.2, -0.15) is 13.2 Å². The molecule has 2 aromatic carbocycles. The van der Waals surface area contributed by atoms with Gasteiger partial charge in [-0.25, -0.2) is 4.39 Å². The predicted molar refractivity (Wildman–Crippen MR) is 110 cm³/mol. The highest BCUT2D eigenvalue weighted by atomic mass is 32.1. The van der Waals surface area contributed by atoms with E-state index in [1.165, 1.54) is 29.5 Å². The molecule has 162 valence electrons. The fourth-order valence-corrected chi connectivity index (χ4v) is 4.30. The highest BCUT2D eigenvalue weighted by Crippen LogP contribution is 2.33. The van der Waals surface area contributed by atoms with E-state index in [4.69, 9.17) is 0 Å². The first-order valence-corrected chi connectivity index (χ1v) is 10.5. The molecule has 1 aliphatic rings. The van der Waals surface area contributed by atoms with Crippen LogP contribution in [0.4, 0.5) is 17.6 Å². The van der Waals surface area contributed by atoms with Gasteiger partial charge in [0.15, 0.2) is 0 Å². The van der Waals surface area contributed by atoms with Gasteiger partial charge in [0.05, 0.1) is 4.88 Å². The van der Waals surface area contributed by atoms with E-state index in [2.05, 4.69) is 0 Å². The van der Waals surface area contributed by atoms with Gasteiger partial charge in [-0.05, 0) is 48.7 Å². The van der Waals surface area contributed by atoms with Gasteiger partial charge in [0.1, 0.15) is 12.4 Å². The molecule has 0 aliphatic heterocycles. The number of hydrogen-bond donors (Lipinski definition) is 1. The number of benzene rings is 2. The second-order valence-electron chi connectivity index (χ2n) is 7.42. The summed E-state index contributed by atoms with van der Waals surface area (Å²) in [6.07, 6.45) is -2.72. The van der Waals surface area contributed by atoms with Crippen LogP contribution in [0.15, 0.2) is 48.5 Å². The first-order chi connectivity index (χ1) is 14.7. The molecule has 9 heteroatoms. The van der Waals surface area contributed by atoms with Crippen molar-refractivity contribution in [2.75, 3.05) is 6.54 Å². The molecule has 1 N–H and O–H groups in total. The van der Waals surface area contributed by atoms with Crippen LogP contribution in [0.2, 0.25) is 0 Å². The first kappa shape index (κ1) is 21.3. The molecule has 0 bridgehead atoms. The average molecular weight is 450 g/mol. The van der Waals surface area contributed by atoms with E-state index in [9.17, 15) is 27.2 Å². The summed E-state index contributed by atoms with van der Waals surface area (Å²) in [5.74, 6) is -1.37. The topological polar surface area (TPSA) is 49.4 Å². The van der Waals surface area contributed by atoms with Crippen molar-refractivity contribution in [3.8, 4) is 0 Å². The number of rotatable bonds is 6. The van der Waals surface area contributed by atoms with Crippen LogP contribution in [-0.4, -0.2) is 35.5 Å². The molecule has 4 nitrogen and oxygen atoms in total. The molecule has 0 atom stereocenters. The number of fused-ring (bicyclic) bond motifs is 1. The number of thiophene rings is 1. The van der Waals surface area contributed by atoms with Crippen LogP contribution >= 0.6 is 11.3 Å². The first-order valence-electron chi connectivity index (χ1n) is 9.64. The van der Waals surface area contributed by atoms with Gasteiger partial charge < -0.3 is 10.2 Å². The van der Waals surface area contributed by atoms with Gasteiger partial charge in [-0.15, -0.1) is 11.3 Å². The SMILES string of the molecule is O=C(NCC(F)(F)F)c1ccc(CN(C(=O)c2cc3c(F)cccc3s2)C2CC2)cc1. The zero-order chi connectivity index (χ0) is 22.2. The molecule has 3 aromatic rings. The van der Waals surface area contributed by atoms with Gasteiger partial charge in [-0.3, -0.25) is 9.59 Å². The minimum atomic E-state index is -4.48. The number of nitrogens with zero attached hydrogens (tertiary/aromatic N) is 1. The molecule has 4 rings (SSSR count). The van der Waals surface area contributed by atoms with Crippen molar-refractivity contribution in [2.24, 2.45) is 0 Å². The fourth-order valence-electron chi connectivity index (χ4n) is 3.27. The van der Waals surface area contributed by atoms with E-state index in [0.717, 1.165) is 18.4 Å². The summed E-state index contributed by atoms with van der Waals surface area (Å²) in [5.41, 5.74) is 0.859. The van der Waals surface area contributed by atoms with E-state index in [0.29, 0.717) is 21.5 Å². The van der Waals surface area contributed by atoms with Crippen LogP contribution in [0.1, 0.15) is 38.4 Å². The van der Waals surface area contributed by atoms with Crippen molar-refractivity contribution in [2.45, 2.75) is 31.6 Å². The van der Waals surface area contributed by atoms with Crippen LogP contribution in [-0.2, 0) is 6.54 Å². The molecule has 0 spiro atoms. The molecule has 1 aliphatic carbocycles. The van der Waals surface area contributed by atoms with Gasteiger partial charge in [-0.1, -0.05) is 18.2 Å². The molecule has 2 amide bonds. The second kappa shape index (κ2) is 8.30. The van der Waals surface area contributed by atoms with Crippen LogP contribution in [0, 0.1) is 5.82 Å². The number of alkyl halides is 3. The van der Waals surface area contributed by atoms with Crippen LogP contribution in [0.25, 0.3) is 10.1 Å². The Hall–Kier alpha value is -2.94. The maximum atomic E-state index is 14.0. The quantitative estimate of drug-likeness (QED) is 0.529. The maximum absolute atomic E-state index is 14.0. The van der Waals surface area contributed by atoms with Gasteiger partial charge in [0.2, 0.25) is 0 Å². The van der Waals surface area contributed by atoms with Crippen LogP contribution in [0.5, 0.6) is 0 Å². The lowest BCUT2D eigenvalue weighted by Gasteiger charge is -2.22. The smallest absolute Gasteiger partial charge is 0.343 e. The van der Waals surface area contributed by atoms with Gasteiger partial charge >= 0.3 is 6.18 Å². The van der Waals surface area contributed by atoms with E-state index in [-0.39, 0.29) is 23.3 Å². The number of hydrogen-bond acceptors (Lipinski definition) is 3. The summed E-state index contributed by atoms with van der Waals surface area (Å²) in [4.78, 5) is 27.1. The largest absolute Gasteiger partial charge is 0.405 e. The highest BCUT2D eigenvalue weighted by Gasteiger charge is 2.34. The Kier molecular flexibility index (Phi) is 5.70. The summed E-state index contributed by atoms with van der Waals surface area (Å²) in [7, 11) is 0. The summed E-state index contributed by atoms with van der Waals surface area (Å²) in [6.45, 7) is -1.10. The fraction of sp³-hybridized carbons (Fsp3) is 0.273. The average Bonchev–Trinajstić information content (AvgIpc) is 3.47. The lowest BCUT2D eigenvalue weighted by molar-refractivity contribution is -0.123.